The summed E-state index contributed by atoms with van der Waals surface area (Å²) in [6, 6.07) is 0.837. The second-order valence-corrected chi connectivity index (χ2v) is 5.96. The lowest BCUT2D eigenvalue weighted by molar-refractivity contribution is 0.0971. The predicted octanol–water partition coefficient (Wildman–Crippen LogP) is 2.64. The smallest absolute Gasteiger partial charge is 0.00676 e. The molecule has 1 N–H and O–H groups in total. The number of piperidine rings is 1. The Kier molecular flexibility index (Phi) is 4.26. The predicted molar refractivity (Wildman–Crippen MR) is 69.7 cm³/mol. The van der Waals surface area contributed by atoms with Gasteiger partial charge in [0.25, 0.3) is 0 Å². The minimum absolute atomic E-state index is 0.638. The Morgan fingerprint density at radius 1 is 1.31 bits per heavy atom. The van der Waals surface area contributed by atoms with E-state index in [1.807, 2.05) is 0 Å². The van der Waals surface area contributed by atoms with Gasteiger partial charge in [-0.3, -0.25) is 0 Å². The summed E-state index contributed by atoms with van der Waals surface area (Å²) in [7, 11) is 0. The Hall–Kier alpha value is -0.0800. The molecule has 2 heteroatoms. The van der Waals surface area contributed by atoms with Crippen molar-refractivity contribution in [2.24, 2.45) is 5.41 Å². The van der Waals surface area contributed by atoms with Crippen molar-refractivity contribution in [1.82, 2.24) is 10.2 Å². The highest BCUT2D eigenvalue weighted by molar-refractivity contribution is 4.89. The molecule has 0 amide bonds. The average Bonchev–Trinajstić information content (AvgIpc) is 2.66. The number of rotatable bonds is 4. The molecule has 0 saturated carbocycles. The summed E-state index contributed by atoms with van der Waals surface area (Å²) in [5.74, 6) is 0. The fraction of sp³-hybridized carbons (Fsp3) is 1.00. The molecular weight excluding hydrogens is 196 g/mol. The fourth-order valence-electron chi connectivity index (χ4n) is 3.63. The molecule has 2 heterocycles. The van der Waals surface area contributed by atoms with E-state index in [0.29, 0.717) is 5.41 Å². The molecular formula is C14H28N2. The molecule has 0 spiro atoms. The highest BCUT2D eigenvalue weighted by atomic mass is 15.2. The Morgan fingerprint density at radius 3 is 2.62 bits per heavy atom. The zero-order valence-electron chi connectivity index (χ0n) is 11.1. The lowest BCUT2D eigenvalue weighted by atomic mass is 9.75. The van der Waals surface area contributed by atoms with E-state index in [1.165, 1.54) is 64.7 Å². The largest absolute Gasteiger partial charge is 0.317 e. The summed E-state index contributed by atoms with van der Waals surface area (Å²) >= 11 is 0. The van der Waals surface area contributed by atoms with E-state index in [0.717, 1.165) is 6.04 Å². The van der Waals surface area contributed by atoms with E-state index in [1.54, 1.807) is 0 Å². The maximum Gasteiger partial charge on any atom is 0.00676 e. The summed E-state index contributed by atoms with van der Waals surface area (Å²) in [5.41, 5.74) is 0.638. The van der Waals surface area contributed by atoms with Gasteiger partial charge in [0.2, 0.25) is 0 Å². The lowest BCUT2D eigenvalue weighted by Crippen LogP contribution is -2.45. The highest BCUT2D eigenvalue weighted by Crippen LogP contribution is 2.36. The Bertz CT molecular complexity index is 203. The Labute approximate surface area is 101 Å². The molecule has 2 aliphatic heterocycles. The van der Waals surface area contributed by atoms with Gasteiger partial charge in [-0.1, -0.05) is 13.3 Å². The normalized spacial score (nSPS) is 30.8. The van der Waals surface area contributed by atoms with E-state index in [4.69, 9.17) is 0 Å². The highest BCUT2D eigenvalue weighted by Gasteiger charge is 2.35. The van der Waals surface area contributed by atoms with Gasteiger partial charge < -0.3 is 10.2 Å². The molecule has 1 atom stereocenters. The van der Waals surface area contributed by atoms with Crippen molar-refractivity contribution in [2.75, 3.05) is 26.2 Å². The zero-order valence-corrected chi connectivity index (χ0v) is 11.1. The van der Waals surface area contributed by atoms with E-state index >= 15 is 0 Å². The molecule has 16 heavy (non-hydrogen) atoms. The number of likely N-dealkylation sites (tertiary alicyclic amines) is 1. The first-order chi connectivity index (χ1) is 7.76. The van der Waals surface area contributed by atoms with Crippen molar-refractivity contribution in [2.45, 2.75) is 58.4 Å². The van der Waals surface area contributed by atoms with Crippen molar-refractivity contribution in [3.8, 4) is 0 Å². The van der Waals surface area contributed by atoms with E-state index in [9.17, 15) is 0 Å². The van der Waals surface area contributed by atoms with Crippen LogP contribution >= 0.6 is 0 Å². The molecule has 94 valence electrons. The molecule has 0 aromatic carbocycles. The van der Waals surface area contributed by atoms with Crippen LogP contribution < -0.4 is 5.32 Å². The zero-order chi connectivity index (χ0) is 11.4. The Balaban J connectivity index is 1.95. The van der Waals surface area contributed by atoms with Crippen LogP contribution in [0, 0.1) is 5.41 Å². The molecule has 2 rings (SSSR count). The first kappa shape index (κ1) is 12.4. The SMILES string of the molecule is CCCC1(CN2CCCC2C)CCNCC1. The third kappa shape index (κ3) is 2.78. The van der Waals surface area contributed by atoms with Crippen molar-refractivity contribution in [3.63, 3.8) is 0 Å². The van der Waals surface area contributed by atoms with E-state index < -0.39 is 0 Å². The molecule has 0 aliphatic carbocycles. The fourth-order valence-corrected chi connectivity index (χ4v) is 3.63. The molecule has 2 saturated heterocycles. The van der Waals surface area contributed by atoms with Crippen LogP contribution in [0.2, 0.25) is 0 Å². The van der Waals surface area contributed by atoms with Gasteiger partial charge in [-0.25, -0.2) is 0 Å². The minimum atomic E-state index is 0.638. The molecule has 0 aromatic rings. The van der Waals surface area contributed by atoms with Gasteiger partial charge in [0.1, 0.15) is 0 Å². The number of hydrogen-bond donors (Lipinski definition) is 1. The molecule has 2 aliphatic rings. The maximum absolute atomic E-state index is 3.52. The molecule has 0 aromatic heterocycles. The summed E-state index contributed by atoms with van der Waals surface area (Å²) < 4.78 is 0. The third-order valence-corrected chi connectivity index (χ3v) is 4.67. The minimum Gasteiger partial charge on any atom is -0.317 e. The second kappa shape index (κ2) is 5.50. The van der Waals surface area contributed by atoms with Gasteiger partial charge >= 0.3 is 0 Å². The number of nitrogens with zero attached hydrogens (tertiary/aromatic N) is 1. The van der Waals surface area contributed by atoms with E-state index in [2.05, 4.69) is 24.1 Å². The lowest BCUT2D eigenvalue weighted by Gasteiger charge is -2.41. The number of hydrogen-bond acceptors (Lipinski definition) is 2. The van der Waals surface area contributed by atoms with Gasteiger partial charge in [0.15, 0.2) is 0 Å². The third-order valence-electron chi connectivity index (χ3n) is 4.67. The van der Waals surface area contributed by atoms with Crippen LogP contribution in [0.1, 0.15) is 52.4 Å². The second-order valence-electron chi connectivity index (χ2n) is 5.96. The molecule has 2 nitrogen and oxygen atoms in total. The van der Waals surface area contributed by atoms with Crippen LogP contribution in [0.4, 0.5) is 0 Å². The summed E-state index contributed by atoms with van der Waals surface area (Å²) in [5, 5.41) is 3.52. The van der Waals surface area contributed by atoms with Crippen molar-refractivity contribution < 1.29 is 0 Å². The molecule has 1 unspecified atom stereocenters. The first-order valence-corrected chi connectivity index (χ1v) is 7.20. The first-order valence-electron chi connectivity index (χ1n) is 7.20. The monoisotopic (exact) mass is 224 g/mol. The van der Waals surface area contributed by atoms with Crippen molar-refractivity contribution >= 4 is 0 Å². The van der Waals surface area contributed by atoms with Crippen LogP contribution in [0.5, 0.6) is 0 Å². The van der Waals surface area contributed by atoms with Gasteiger partial charge in [-0.05, 0) is 64.1 Å². The summed E-state index contributed by atoms with van der Waals surface area (Å²) in [4.78, 5) is 2.75. The van der Waals surface area contributed by atoms with E-state index in [-0.39, 0.29) is 0 Å². The van der Waals surface area contributed by atoms with Crippen LogP contribution in [0.3, 0.4) is 0 Å². The summed E-state index contributed by atoms with van der Waals surface area (Å²) in [6.07, 6.45) is 8.40. The van der Waals surface area contributed by atoms with Gasteiger partial charge in [0, 0.05) is 12.6 Å². The van der Waals surface area contributed by atoms with Crippen LogP contribution in [-0.4, -0.2) is 37.1 Å². The van der Waals surface area contributed by atoms with Crippen LogP contribution in [0.25, 0.3) is 0 Å². The van der Waals surface area contributed by atoms with Gasteiger partial charge in [-0.15, -0.1) is 0 Å². The number of nitrogens with one attached hydrogen (secondary N) is 1. The van der Waals surface area contributed by atoms with Crippen molar-refractivity contribution in [1.29, 1.82) is 0 Å². The van der Waals surface area contributed by atoms with Crippen LogP contribution in [0.15, 0.2) is 0 Å². The molecule has 0 bridgehead atoms. The molecule has 0 radical (unpaired) electrons. The van der Waals surface area contributed by atoms with Gasteiger partial charge in [-0.2, -0.15) is 0 Å². The summed E-state index contributed by atoms with van der Waals surface area (Å²) in [6.45, 7) is 9.94. The quantitative estimate of drug-likeness (QED) is 0.790. The molecule has 2 fully saturated rings. The maximum atomic E-state index is 3.52. The topological polar surface area (TPSA) is 15.3 Å². The van der Waals surface area contributed by atoms with Crippen molar-refractivity contribution in [3.05, 3.63) is 0 Å². The Morgan fingerprint density at radius 2 is 2.06 bits per heavy atom. The standard InChI is InChI=1S/C14H28N2/c1-3-6-14(7-9-15-10-8-14)12-16-11-4-5-13(16)2/h13,15H,3-12H2,1-2H3. The van der Waals surface area contributed by atoms with Crippen LogP contribution in [-0.2, 0) is 0 Å². The average molecular weight is 224 g/mol. The van der Waals surface area contributed by atoms with Gasteiger partial charge in [0.05, 0.1) is 0 Å².